The first-order valence-corrected chi connectivity index (χ1v) is 6.62. The number of unbranched alkanes of at least 4 members (excludes halogenated alkanes) is 1. The quantitative estimate of drug-likeness (QED) is 0.790. The van der Waals surface area contributed by atoms with Crippen molar-refractivity contribution in [2.75, 3.05) is 13.7 Å². The van der Waals surface area contributed by atoms with Crippen molar-refractivity contribution in [1.29, 1.82) is 0 Å². The number of carbonyl (C=O) groups excluding carboxylic acids is 1. The molecule has 2 aromatic rings. The van der Waals surface area contributed by atoms with Gasteiger partial charge in [0.05, 0.1) is 6.61 Å². The molecule has 2 N–H and O–H groups in total. The Morgan fingerprint density at radius 1 is 1.45 bits per heavy atom. The Morgan fingerprint density at radius 2 is 2.30 bits per heavy atom. The summed E-state index contributed by atoms with van der Waals surface area (Å²) in [5.74, 6) is 1.16. The smallest absolute Gasteiger partial charge is 0.288 e. The van der Waals surface area contributed by atoms with Crippen LogP contribution in [-0.2, 0) is 0 Å². The van der Waals surface area contributed by atoms with E-state index in [9.17, 15) is 4.79 Å². The van der Waals surface area contributed by atoms with Gasteiger partial charge in [-0.15, -0.1) is 0 Å². The fraction of sp³-hybridized carbons (Fsp3) is 0.357. The highest BCUT2D eigenvalue weighted by atomic mass is 16.5. The second-order valence-electron chi connectivity index (χ2n) is 4.32. The van der Waals surface area contributed by atoms with Crippen molar-refractivity contribution in [2.45, 2.75) is 19.8 Å². The molecule has 20 heavy (non-hydrogen) atoms. The fourth-order valence-corrected chi connectivity index (χ4v) is 1.67. The van der Waals surface area contributed by atoms with Crippen molar-refractivity contribution in [3.8, 4) is 17.1 Å². The largest absolute Gasteiger partial charge is 0.494 e. The minimum atomic E-state index is -0.292. The third-order valence-electron chi connectivity index (χ3n) is 2.79. The van der Waals surface area contributed by atoms with Crippen LogP contribution in [0.3, 0.4) is 0 Å². The molecule has 0 saturated heterocycles. The SMILES string of the molecule is CCCCOc1cccc(-c2n[nH]c(C(=O)NC)n2)c1. The maximum absolute atomic E-state index is 11.4. The molecule has 6 nitrogen and oxygen atoms in total. The molecule has 1 aromatic heterocycles. The van der Waals surface area contributed by atoms with Crippen LogP contribution in [0.4, 0.5) is 0 Å². The van der Waals surface area contributed by atoms with E-state index in [1.807, 2.05) is 24.3 Å². The van der Waals surface area contributed by atoms with E-state index < -0.39 is 0 Å². The summed E-state index contributed by atoms with van der Waals surface area (Å²) in [6.45, 7) is 2.81. The van der Waals surface area contributed by atoms with Gasteiger partial charge in [0, 0.05) is 12.6 Å². The highest BCUT2D eigenvalue weighted by Crippen LogP contribution is 2.21. The molecule has 0 fully saturated rings. The Balaban J connectivity index is 2.14. The highest BCUT2D eigenvalue weighted by Gasteiger charge is 2.11. The molecule has 0 aliphatic rings. The van der Waals surface area contributed by atoms with Gasteiger partial charge in [-0.3, -0.25) is 9.89 Å². The van der Waals surface area contributed by atoms with Crippen molar-refractivity contribution in [3.05, 3.63) is 30.1 Å². The topological polar surface area (TPSA) is 79.9 Å². The van der Waals surface area contributed by atoms with Gasteiger partial charge in [0.1, 0.15) is 5.75 Å². The van der Waals surface area contributed by atoms with Gasteiger partial charge in [-0.25, -0.2) is 4.98 Å². The first-order chi connectivity index (χ1) is 9.74. The summed E-state index contributed by atoms with van der Waals surface area (Å²) in [7, 11) is 1.55. The molecule has 6 heteroatoms. The summed E-state index contributed by atoms with van der Waals surface area (Å²) in [5, 5.41) is 9.15. The predicted molar refractivity (Wildman–Crippen MR) is 75.6 cm³/mol. The maximum Gasteiger partial charge on any atom is 0.288 e. The lowest BCUT2D eigenvalue weighted by Crippen LogP contribution is -2.19. The van der Waals surface area contributed by atoms with E-state index in [4.69, 9.17) is 4.74 Å². The second-order valence-corrected chi connectivity index (χ2v) is 4.32. The summed E-state index contributed by atoms with van der Waals surface area (Å²) < 4.78 is 5.64. The van der Waals surface area contributed by atoms with Gasteiger partial charge in [-0.1, -0.05) is 25.5 Å². The van der Waals surface area contributed by atoms with Gasteiger partial charge in [-0.2, -0.15) is 5.10 Å². The summed E-state index contributed by atoms with van der Waals surface area (Å²) in [6, 6.07) is 7.52. The van der Waals surface area contributed by atoms with Gasteiger partial charge in [0.15, 0.2) is 5.82 Å². The molecule has 2 rings (SSSR count). The number of hydrogen-bond acceptors (Lipinski definition) is 4. The van der Waals surface area contributed by atoms with Crippen molar-refractivity contribution >= 4 is 5.91 Å². The molecule has 1 amide bonds. The lowest BCUT2D eigenvalue weighted by molar-refractivity contribution is 0.0953. The lowest BCUT2D eigenvalue weighted by Gasteiger charge is -2.05. The van der Waals surface area contributed by atoms with E-state index in [0.717, 1.165) is 24.2 Å². The van der Waals surface area contributed by atoms with E-state index in [1.165, 1.54) is 0 Å². The molecule has 0 atom stereocenters. The lowest BCUT2D eigenvalue weighted by atomic mass is 10.2. The summed E-state index contributed by atoms with van der Waals surface area (Å²) in [6.07, 6.45) is 2.11. The molecule has 0 aliphatic heterocycles. The van der Waals surface area contributed by atoms with E-state index in [-0.39, 0.29) is 11.7 Å². The molecule has 106 valence electrons. The number of nitrogens with zero attached hydrogens (tertiary/aromatic N) is 2. The number of ether oxygens (including phenoxy) is 1. The maximum atomic E-state index is 11.4. The molecule has 0 bridgehead atoms. The second kappa shape index (κ2) is 6.70. The van der Waals surface area contributed by atoms with Gasteiger partial charge < -0.3 is 10.1 Å². The number of hydrogen-bond donors (Lipinski definition) is 2. The van der Waals surface area contributed by atoms with Crippen LogP contribution in [0.2, 0.25) is 0 Å². The summed E-state index contributed by atoms with van der Waals surface area (Å²) in [4.78, 5) is 15.6. The minimum Gasteiger partial charge on any atom is -0.494 e. The van der Waals surface area contributed by atoms with E-state index in [1.54, 1.807) is 7.05 Å². The number of H-pyrrole nitrogens is 1. The van der Waals surface area contributed by atoms with Crippen LogP contribution in [0.15, 0.2) is 24.3 Å². The van der Waals surface area contributed by atoms with Crippen molar-refractivity contribution in [3.63, 3.8) is 0 Å². The molecular formula is C14H18N4O2. The molecular weight excluding hydrogens is 256 g/mol. The number of benzene rings is 1. The molecule has 1 heterocycles. The van der Waals surface area contributed by atoms with Crippen molar-refractivity contribution < 1.29 is 9.53 Å². The Kier molecular flexibility index (Phi) is 4.70. The van der Waals surface area contributed by atoms with Crippen LogP contribution in [0, 0.1) is 0 Å². The monoisotopic (exact) mass is 274 g/mol. The zero-order valence-electron chi connectivity index (χ0n) is 11.6. The summed E-state index contributed by atoms with van der Waals surface area (Å²) >= 11 is 0. The zero-order chi connectivity index (χ0) is 14.4. The number of carbonyl (C=O) groups is 1. The fourth-order valence-electron chi connectivity index (χ4n) is 1.67. The number of aromatic nitrogens is 3. The van der Waals surface area contributed by atoms with Crippen LogP contribution < -0.4 is 10.1 Å². The number of aromatic amines is 1. The van der Waals surface area contributed by atoms with Crippen LogP contribution in [-0.4, -0.2) is 34.7 Å². The average molecular weight is 274 g/mol. The Hall–Kier alpha value is -2.37. The Morgan fingerprint density at radius 3 is 3.05 bits per heavy atom. The number of nitrogens with one attached hydrogen (secondary N) is 2. The van der Waals surface area contributed by atoms with Crippen LogP contribution >= 0.6 is 0 Å². The molecule has 0 spiro atoms. The van der Waals surface area contributed by atoms with Crippen LogP contribution in [0.5, 0.6) is 5.75 Å². The third-order valence-corrected chi connectivity index (χ3v) is 2.79. The van der Waals surface area contributed by atoms with E-state index in [2.05, 4.69) is 27.4 Å². The standard InChI is InChI=1S/C14H18N4O2/c1-3-4-8-20-11-7-5-6-10(9-11)12-16-13(18-17-12)14(19)15-2/h5-7,9H,3-4,8H2,1-2H3,(H,15,19)(H,16,17,18). The van der Waals surface area contributed by atoms with Crippen molar-refractivity contribution in [1.82, 2.24) is 20.5 Å². The van der Waals surface area contributed by atoms with E-state index >= 15 is 0 Å². The highest BCUT2D eigenvalue weighted by molar-refractivity contribution is 5.90. The van der Waals surface area contributed by atoms with Gasteiger partial charge >= 0.3 is 0 Å². The Labute approximate surface area is 117 Å². The molecule has 0 saturated carbocycles. The summed E-state index contributed by atoms with van der Waals surface area (Å²) in [5.41, 5.74) is 0.811. The van der Waals surface area contributed by atoms with Crippen molar-refractivity contribution in [2.24, 2.45) is 0 Å². The third kappa shape index (κ3) is 3.34. The van der Waals surface area contributed by atoms with Gasteiger partial charge in [0.2, 0.25) is 5.82 Å². The molecule has 1 aromatic carbocycles. The molecule has 0 radical (unpaired) electrons. The predicted octanol–water partition coefficient (Wildman–Crippen LogP) is 2.01. The molecule has 0 unspecified atom stereocenters. The van der Waals surface area contributed by atoms with Crippen LogP contribution in [0.1, 0.15) is 30.4 Å². The Bertz CT molecular complexity index is 580. The minimum absolute atomic E-state index is 0.194. The number of amides is 1. The normalized spacial score (nSPS) is 10.3. The number of rotatable bonds is 6. The zero-order valence-corrected chi connectivity index (χ0v) is 11.6. The molecule has 0 aliphatic carbocycles. The average Bonchev–Trinajstić information content (AvgIpc) is 2.97. The van der Waals surface area contributed by atoms with E-state index in [0.29, 0.717) is 12.4 Å². The van der Waals surface area contributed by atoms with Crippen LogP contribution in [0.25, 0.3) is 11.4 Å². The first-order valence-electron chi connectivity index (χ1n) is 6.62. The van der Waals surface area contributed by atoms with Gasteiger partial charge in [-0.05, 0) is 18.6 Å². The van der Waals surface area contributed by atoms with Gasteiger partial charge in [0.25, 0.3) is 5.91 Å². The first kappa shape index (κ1) is 14.0.